The van der Waals surface area contributed by atoms with Crippen molar-refractivity contribution in [3.8, 4) is 44.5 Å². The summed E-state index contributed by atoms with van der Waals surface area (Å²) in [5.41, 5.74) is 29.8. The van der Waals surface area contributed by atoms with Gasteiger partial charge in [0.1, 0.15) is 11.2 Å². The molecule has 3 aliphatic carbocycles. The van der Waals surface area contributed by atoms with Gasteiger partial charge < -0.3 is 14.3 Å². The number of para-hydroxylation sites is 3. The van der Waals surface area contributed by atoms with Crippen molar-refractivity contribution in [3.05, 3.63) is 208 Å². The fraction of sp³-hybridized carbons (Fsp3) is 0.217. The molecule has 9 aromatic carbocycles. The van der Waals surface area contributed by atoms with Crippen molar-refractivity contribution in [2.45, 2.75) is 97.8 Å². The predicted molar refractivity (Wildman–Crippen MR) is 304 cm³/mol. The Kier molecular flexibility index (Phi) is 8.57. The van der Waals surface area contributed by atoms with Gasteiger partial charge in [0.2, 0.25) is 0 Å². The van der Waals surface area contributed by atoms with Gasteiger partial charge in [0.25, 0.3) is 0 Å². The Morgan fingerprint density at radius 1 is 0.444 bits per heavy atom. The second-order valence-corrected chi connectivity index (χ2v) is 23.9. The lowest BCUT2D eigenvalue weighted by Crippen LogP contribution is -2.19. The molecule has 14 rings (SSSR count). The Morgan fingerprint density at radius 2 is 1.01 bits per heavy atom. The van der Waals surface area contributed by atoms with Crippen LogP contribution < -0.4 is 4.90 Å². The Balaban J connectivity index is 0.931. The summed E-state index contributed by atoms with van der Waals surface area (Å²) in [6.45, 7) is 25.9. The minimum Gasteiger partial charge on any atom is -0.456 e. The van der Waals surface area contributed by atoms with Crippen molar-refractivity contribution >= 4 is 60.8 Å². The molecule has 11 aromatic rings. The number of aryl methyl sites for hydroxylation is 2. The summed E-state index contributed by atoms with van der Waals surface area (Å²) in [6.07, 6.45) is 0. The summed E-state index contributed by atoms with van der Waals surface area (Å²) in [4.78, 5) is 6.47. The van der Waals surface area contributed by atoms with Crippen molar-refractivity contribution in [1.82, 2.24) is 4.98 Å². The number of rotatable bonds is 4. The van der Waals surface area contributed by atoms with Crippen molar-refractivity contribution in [2.75, 3.05) is 4.90 Å². The molecule has 2 heterocycles. The normalized spacial score (nSPS) is 15.5. The van der Waals surface area contributed by atoms with Gasteiger partial charge in [-0.15, -0.1) is 0 Å². The molecule has 1 N–H and O–H groups in total. The Bertz CT molecular complexity index is 4160. The molecule has 0 fully saturated rings. The number of aromatic nitrogens is 1. The zero-order valence-corrected chi connectivity index (χ0v) is 43.4. The molecular weight excluding hydrogens is 873 g/mol. The molecule has 72 heavy (non-hydrogen) atoms. The van der Waals surface area contributed by atoms with E-state index in [4.69, 9.17) is 4.42 Å². The Morgan fingerprint density at radius 3 is 1.74 bits per heavy atom. The first kappa shape index (κ1) is 43.2. The van der Waals surface area contributed by atoms with E-state index in [9.17, 15) is 0 Å². The molecule has 0 bridgehead atoms. The molecule has 0 aliphatic heterocycles. The van der Waals surface area contributed by atoms with Gasteiger partial charge in [-0.25, -0.2) is 0 Å². The maximum absolute atomic E-state index is 6.48. The van der Waals surface area contributed by atoms with E-state index < -0.39 is 0 Å². The fourth-order valence-corrected chi connectivity index (χ4v) is 13.7. The highest BCUT2D eigenvalue weighted by atomic mass is 16.3. The van der Waals surface area contributed by atoms with Gasteiger partial charge in [-0.3, -0.25) is 0 Å². The number of hydrogen-bond donors (Lipinski definition) is 1. The highest BCUT2D eigenvalue weighted by Crippen LogP contribution is 2.60. The largest absolute Gasteiger partial charge is 0.456 e. The van der Waals surface area contributed by atoms with Crippen LogP contribution in [0.15, 0.2) is 162 Å². The van der Waals surface area contributed by atoms with Crippen molar-refractivity contribution in [1.29, 1.82) is 0 Å². The van der Waals surface area contributed by atoms with E-state index in [2.05, 4.69) is 244 Å². The number of nitrogens with one attached hydrogen (secondary N) is 1. The van der Waals surface area contributed by atoms with E-state index in [1.54, 1.807) is 0 Å². The number of anilines is 3. The smallest absolute Gasteiger partial charge is 0.136 e. The van der Waals surface area contributed by atoms with E-state index in [1.165, 1.54) is 144 Å². The topological polar surface area (TPSA) is 32.2 Å². The van der Waals surface area contributed by atoms with E-state index >= 15 is 0 Å². The number of nitrogens with zero attached hydrogens (tertiary/aromatic N) is 1. The molecule has 0 radical (unpaired) electrons. The summed E-state index contributed by atoms with van der Waals surface area (Å²) in [5.74, 6) is 0. The number of fused-ring (bicyclic) bond motifs is 17. The van der Waals surface area contributed by atoms with Crippen LogP contribution in [0, 0.1) is 13.8 Å². The standard InChI is InChI=1S/C69H60N2O/c1-38-17-16-18-39(2)65(38)71(42-27-29-44-49-36-55-50(37-54(49)68(8,9)52(44)33-42)61-51(67(55,6)7)31-32-59-62(61)47-20-13-15-22-58(47)72-59)43-28-30-45-53(34-43)69(10,11)56-35-48(40-23-25-41(26-24-40)66(3,4)5)64-63(60(45)56)46-19-12-14-21-57(46)70-64/h12-37,70H,1-11H3. The minimum atomic E-state index is -0.275. The third-order valence-corrected chi connectivity index (χ3v) is 17.6. The average Bonchev–Trinajstić information content (AvgIpc) is 4.10. The monoisotopic (exact) mass is 932 g/mol. The Hall–Kier alpha value is -7.62. The summed E-state index contributed by atoms with van der Waals surface area (Å²) < 4.78 is 6.48. The van der Waals surface area contributed by atoms with E-state index in [0.29, 0.717) is 0 Å². The third kappa shape index (κ3) is 5.68. The third-order valence-electron chi connectivity index (χ3n) is 17.6. The van der Waals surface area contributed by atoms with Crippen LogP contribution in [0.5, 0.6) is 0 Å². The van der Waals surface area contributed by atoms with Crippen LogP contribution in [0.4, 0.5) is 17.1 Å². The van der Waals surface area contributed by atoms with Crippen LogP contribution in [0.3, 0.4) is 0 Å². The summed E-state index contributed by atoms with van der Waals surface area (Å²) in [6, 6.07) is 60.1. The molecular formula is C69H60N2O. The maximum Gasteiger partial charge on any atom is 0.136 e. The maximum atomic E-state index is 6.48. The fourth-order valence-electron chi connectivity index (χ4n) is 13.7. The van der Waals surface area contributed by atoms with Crippen LogP contribution in [-0.2, 0) is 21.7 Å². The second-order valence-electron chi connectivity index (χ2n) is 23.9. The first-order chi connectivity index (χ1) is 34.4. The lowest BCUT2D eigenvalue weighted by atomic mass is 9.79. The van der Waals surface area contributed by atoms with Gasteiger partial charge in [0, 0.05) is 60.2 Å². The lowest BCUT2D eigenvalue weighted by Gasteiger charge is -2.31. The van der Waals surface area contributed by atoms with Gasteiger partial charge in [-0.1, -0.05) is 159 Å². The molecule has 0 saturated heterocycles. The summed E-state index contributed by atoms with van der Waals surface area (Å²) in [5, 5.41) is 4.99. The number of benzene rings is 9. The first-order valence-electron chi connectivity index (χ1n) is 25.9. The highest BCUT2D eigenvalue weighted by Gasteiger charge is 2.44. The zero-order valence-electron chi connectivity index (χ0n) is 43.4. The van der Waals surface area contributed by atoms with E-state index in [0.717, 1.165) is 11.2 Å². The molecule has 0 saturated carbocycles. The van der Waals surface area contributed by atoms with Crippen molar-refractivity contribution in [3.63, 3.8) is 0 Å². The molecule has 352 valence electrons. The SMILES string of the molecule is Cc1cccc(C)c1N(c1ccc2c(c1)C(C)(C)c1cc3c(cc1-2)C(C)(C)c1ccc2oc4ccccc4c2c1-3)c1ccc2c(c1)C(C)(C)c1cc(-c3ccc(C(C)(C)C)cc3)c3[nH]c4ccccc4c3c1-2. The summed E-state index contributed by atoms with van der Waals surface area (Å²) >= 11 is 0. The molecule has 0 spiro atoms. The van der Waals surface area contributed by atoms with Gasteiger partial charge in [-0.2, -0.15) is 0 Å². The molecule has 2 aromatic heterocycles. The van der Waals surface area contributed by atoms with E-state index in [1.807, 2.05) is 0 Å². The van der Waals surface area contributed by atoms with Crippen LogP contribution in [0.2, 0.25) is 0 Å². The lowest BCUT2D eigenvalue weighted by molar-refractivity contribution is 0.590. The number of furan rings is 1. The van der Waals surface area contributed by atoms with Crippen LogP contribution in [0.1, 0.15) is 112 Å². The van der Waals surface area contributed by atoms with Gasteiger partial charge in [0.05, 0.1) is 11.2 Å². The Labute approximate surface area is 423 Å². The zero-order chi connectivity index (χ0) is 49.5. The van der Waals surface area contributed by atoms with Crippen LogP contribution in [-0.4, -0.2) is 4.98 Å². The molecule has 0 unspecified atom stereocenters. The number of aromatic amines is 1. The highest BCUT2D eigenvalue weighted by molar-refractivity contribution is 6.20. The molecule has 3 heteroatoms. The van der Waals surface area contributed by atoms with Gasteiger partial charge in [-0.05, 0) is 169 Å². The molecule has 3 aliphatic rings. The summed E-state index contributed by atoms with van der Waals surface area (Å²) in [7, 11) is 0. The quantitative estimate of drug-likeness (QED) is 0.191. The first-order valence-corrected chi connectivity index (χ1v) is 25.9. The number of H-pyrrole nitrogens is 1. The minimum absolute atomic E-state index is 0.0793. The van der Waals surface area contributed by atoms with Crippen molar-refractivity contribution < 1.29 is 4.42 Å². The van der Waals surface area contributed by atoms with Crippen LogP contribution in [0.25, 0.3) is 88.3 Å². The average molecular weight is 933 g/mol. The van der Waals surface area contributed by atoms with E-state index in [-0.39, 0.29) is 21.7 Å². The number of hydrogen-bond acceptors (Lipinski definition) is 2. The molecule has 0 amide bonds. The predicted octanol–water partition coefficient (Wildman–Crippen LogP) is 19.2. The second kappa shape index (κ2) is 14.3. The molecule has 3 nitrogen and oxygen atoms in total. The molecule has 0 atom stereocenters. The van der Waals surface area contributed by atoms with Crippen LogP contribution >= 0.6 is 0 Å². The van der Waals surface area contributed by atoms with Gasteiger partial charge in [0.15, 0.2) is 0 Å². The van der Waals surface area contributed by atoms with Gasteiger partial charge >= 0.3 is 0 Å². The van der Waals surface area contributed by atoms with Crippen molar-refractivity contribution in [2.24, 2.45) is 0 Å².